The first-order chi connectivity index (χ1) is 9.88. The van der Waals surface area contributed by atoms with E-state index < -0.39 is 4.92 Å². The molecule has 7 heteroatoms. The third kappa shape index (κ3) is 3.68. The molecule has 1 aromatic heterocycles. The quantitative estimate of drug-likeness (QED) is 0.648. The van der Waals surface area contributed by atoms with Crippen LogP contribution in [-0.2, 0) is 0 Å². The zero-order chi connectivity index (χ0) is 15.6. The molecular weight excluding hydrogens is 356 g/mol. The van der Waals surface area contributed by atoms with Crippen LogP contribution < -0.4 is 5.32 Å². The van der Waals surface area contributed by atoms with Gasteiger partial charge in [-0.15, -0.1) is 11.3 Å². The first-order valence-corrected chi connectivity index (χ1v) is 7.80. The van der Waals surface area contributed by atoms with Gasteiger partial charge >= 0.3 is 0 Å². The number of rotatable bonds is 4. The molecule has 2 rings (SSSR count). The Labute approximate surface area is 134 Å². The van der Waals surface area contributed by atoms with Crippen molar-refractivity contribution in [2.75, 3.05) is 0 Å². The minimum absolute atomic E-state index is 0.123. The van der Waals surface area contributed by atoms with Crippen molar-refractivity contribution in [1.29, 1.82) is 0 Å². The van der Waals surface area contributed by atoms with Crippen LogP contribution in [0.25, 0.3) is 0 Å². The zero-order valence-corrected chi connectivity index (χ0v) is 13.8. The van der Waals surface area contributed by atoms with E-state index in [9.17, 15) is 14.9 Å². The third-order valence-corrected chi connectivity index (χ3v) is 4.79. The number of hydrogen-bond donors (Lipinski definition) is 1. The molecule has 0 radical (unpaired) electrons. The number of aryl methyl sites for hydroxylation is 1. The van der Waals surface area contributed by atoms with Gasteiger partial charge in [0.1, 0.15) is 0 Å². The maximum Gasteiger partial charge on any atom is 0.284 e. The predicted octanol–water partition coefficient (Wildman–Crippen LogP) is 4.22. The predicted molar refractivity (Wildman–Crippen MR) is 85.7 cm³/mol. The van der Waals surface area contributed by atoms with E-state index in [1.807, 2.05) is 26.0 Å². The lowest BCUT2D eigenvalue weighted by atomic mass is 10.1. The Morgan fingerprint density at radius 3 is 2.67 bits per heavy atom. The van der Waals surface area contributed by atoms with Crippen LogP contribution in [0.15, 0.2) is 34.8 Å². The van der Waals surface area contributed by atoms with Crippen LogP contribution in [0, 0.1) is 17.0 Å². The van der Waals surface area contributed by atoms with Crippen LogP contribution in [0.3, 0.4) is 0 Å². The molecule has 0 saturated heterocycles. The average molecular weight is 369 g/mol. The van der Waals surface area contributed by atoms with E-state index in [4.69, 9.17) is 0 Å². The summed E-state index contributed by atoms with van der Waals surface area (Å²) < 4.78 is 0.353. The smallest absolute Gasteiger partial charge is 0.284 e. The number of benzene rings is 1. The van der Waals surface area contributed by atoms with Crippen LogP contribution >= 0.6 is 27.3 Å². The lowest BCUT2D eigenvalue weighted by Gasteiger charge is -2.12. The molecule has 21 heavy (non-hydrogen) atoms. The van der Waals surface area contributed by atoms with Gasteiger partial charge in [-0.2, -0.15) is 0 Å². The normalized spacial score (nSPS) is 12.0. The fourth-order valence-electron chi connectivity index (χ4n) is 1.83. The summed E-state index contributed by atoms with van der Waals surface area (Å²) in [5.74, 6) is -0.329. The Balaban J connectivity index is 2.17. The van der Waals surface area contributed by atoms with Crippen molar-refractivity contribution in [2.24, 2.45) is 0 Å². The molecule has 0 saturated carbocycles. The van der Waals surface area contributed by atoms with Gasteiger partial charge in [-0.1, -0.05) is 0 Å². The molecule has 110 valence electrons. The first kappa shape index (κ1) is 15.7. The number of nitro benzene ring substituents is 1. The molecule has 0 spiro atoms. The maximum atomic E-state index is 12.2. The minimum Gasteiger partial charge on any atom is -0.345 e. The highest BCUT2D eigenvalue weighted by Crippen LogP contribution is 2.26. The summed E-state index contributed by atoms with van der Waals surface area (Å²) in [4.78, 5) is 24.8. The number of carbonyl (C=O) groups excluding carboxylic acids is 1. The summed E-state index contributed by atoms with van der Waals surface area (Å²) in [5.41, 5.74) is 0.146. The highest BCUT2D eigenvalue weighted by Gasteiger charge is 2.18. The Morgan fingerprint density at radius 1 is 1.38 bits per heavy atom. The maximum absolute atomic E-state index is 12.2. The number of carbonyl (C=O) groups is 1. The van der Waals surface area contributed by atoms with Crippen molar-refractivity contribution < 1.29 is 9.72 Å². The highest BCUT2D eigenvalue weighted by molar-refractivity contribution is 9.10. The number of halogens is 1. The lowest BCUT2D eigenvalue weighted by molar-refractivity contribution is -0.385. The lowest BCUT2D eigenvalue weighted by Crippen LogP contribution is -2.26. The molecular formula is C14H13BrN2O3S. The zero-order valence-electron chi connectivity index (χ0n) is 11.4. The van der Waals surface area contributed by atoms with Crippen LogP contribution in [0.5, 0.6) is 0 Å². The first-order valence-electron chi connectivity index (χ1n) is 6.19. The Hall–Kier alpha value is -1.73. The van der Waals surface area contributed by atoms with Crippen molar-refractivity contribution in [1.82, 2.24) is 5.32 Å². The summed E-state index contributed by atoms with van der Waals surface area (Å²) in [6, 6.07) is 8.15. The molecule has 5 nitrogen and oxygen atoms in total. The SMILES string of the molecule is Cc1ccc(C(C)NC(=O)c2ccc(Br)c([N+](=O)[O-])c2)s1. The molecule has 0 fully saturated rings. The van der Waals surface area contributed by atoms with Crippen molar-refractivity contribution in [3.8, 4) is 0 Å². The van der Waals surface area contributed by atoms with Crippen molar-refractivity contribution in [3.63, 3.8) is 0 Å². The third-order valence-electron chi connectivity index (χ3n) is 2.94. The number of nitrogens with one attached hydrogen (secondary N) is 1. The van der Waals surface area contributed by atoms with Gasteiger partial charge in [0, 0.05) is 21.4 Å². The van der Waals surface area contributed by atoms with Gasteiger partial charge < -0.3 is 5.32 Å². The fourth-order valence-corrected chi connectivity index (χ4v) is 3.10. The van der Waals surface area contributed by atoms with E-state index in [1.54, 1.807) is 17.4 Å². The van der Waals surface area contributed by atoms with Crippen LogP contribution in [0.2, 0.25) is 0 Å². The van der Waals surface area contributed by atoms with Crippen LogP contribution in [-0.4, -0.2) is 10.8 Å². The molecule has 0 aliphatic carbocycles. The molecule has 2 aromatic rings. The summed E-state index contributed by atoms with van der Waals surface area (Å²) in [6.45, 7) is 3.89. The van der Waals surface area contributed by atoms with E-state index >= 15 is 0 Å². The summed E-state index contributed by atoms with van der Waals surface area (Å²) in [7, 11) is 0. The molecule has 1 unspecified atom stereocenters. The molecule has 1 heterocycles. The van der Waals surface area contributed by atoms with Gasteiger partial charge in [0.2, 0.25) is 0 Å². The van der Waals surface area contributed by atoms with Gasteiger partial charge in [0.05, 0.1) is 15.4 Å². The second-order valence-corrected chi connectivity index (χ2v) is 6.74. The molecule has 0 aliphatic heterocycles. The number of amides is 1. The molecule has 0 bridgehead atoms. The molecule has 1 N–H and O–H groups in total. The fraction of sp³-hybridized carbons (Fsp3) is 0.214. The number of nitro groups is 1. The monoisotopic (exact) mass is 368 g/mol. The molecule has 0 aliphatic rings. The largest absolute Gasteiger partial charge is 0.345 e. The van der Waals surface area contributed by atoms with Gasteiger partial charge in [0.15, 0.2) is 0 Å². The second-order valence-electron chi connectivity index (χ2n) is 4.57. The summed E-state index contributed by atoms with van der Waals surface area (Å²) in [5, 5.41) is 13.7. The van der Waals surface area contributed by atoms with E-state index in [-0.39, 0.29) is 23.2 Å². The number of thiophene rings is 1. The number of hydrogen-bond acceptors (Lipinski definition) is 4. The topological polar surface area (TPSA) is 72.2 Å². The average Bonchev–Trinajstić information content (AvgIpc) is 2.85. The summed E-state index contributed by atoms with van der Waals surface area (Å²) in [6.07, 6.45) is 0. The van der Waals surface area contributed by atoms with Crippen molar-refractivity contribution in [3.05, 3.63) is 60.2 Å². The van der Waals surface area contributed by atoms with Crippen LogP contribution in [0.4, 0.5) is 5.69 Å². The van der Waals surface area contributed by atoms with E-state index in [2.05, 4.69) is 21.2 Å². The van der Waals surface area contributed by atoms with Crippen LogP contribution in [0.1, 0.15) is 33.1 Å². The Bertz CT molecular complexity index is 699. The molecule has 1 amide bonds. The van der Waals surface area contributed by atoms with Crippen molar-refractivity contribution >= 4 is 38.9 Å². The molecule has 1 aromatic carbocycles. The van der Waals surface area contributed by atoms with Gasteiger partial charge in [-0.25, -0.2) is 0 Å². The van der Waals surface area contributed by atoms with Gasteiger partial charge in [-0.3, -0.25) is 14.9 Å². The van der Waals surface area contributed by atoms with Gasteiger partial charge in [0.25, 0.3) is 11.6 Å². The van der Waals surface area contributed by atoms with E-state index in [0.717, 1.165) is 4.88 Å². The summed E-state index contributed by atoms with van der Waals surface area (Å²) >= 11 is 4.71. The van der Waals surface area contributed by atoms with Crippen molar-refractivity contribution in [2.45, 2.75) is 19.9 Å². The minimum atomic E-state index is -0.521. The van der Waals surface area contributed by atoms with E-state index in [1.165, 1.54) is 17.0 Å². The van der Waals surface area contributed by atoms with E-state index in [0.29, 0.717) is 4.47 Å². The molecule has 1 atom stereocenters. The standard InChI is InChI=1S/C14H13BrN2O3S/c1-8-3-6-13(21-8)9(2)16-14(18)10-4-5-11(15)12(7-10)17(19)20/h3-7,9H,1-2H3,(H,16,18). The highest BCUT2D eigenvalue weighted by atomic mass is 79.9. The Morgan fingerprint density at radius 2 is 2.10 bits per heavy atom. The van der Waals surface area contributed by atoms with Gasteiger partial charge in [-0.05, 0) is 54.0 Å². The number of nitrogens with zero attached hydrogens (tertiary/aromatic N) is 1. The Kier molecular flexibility index (Phi) is 4.74. The second kappa shape index (κ2) is 6.36.